The van der Waals surface area contributed by atoms with Gasteiger partial charge in [-0.3, -0.25) is 5.32 Å². The second-order valence-electron chi connectivity index (χ2n) is 7.10. The van der Waals surface area contributed by atoms with Gasteiger partial charge in [0.1, 0.15) is 5.54 Å². The van der Waals surface area contributed by atoms with E-state index in [-0.39, 0.29) is 5.54 Å². The highest BCUT2D eigenvalue weighted by Gasteiger charge is 2.41. The lowest BCUT2D eigenvalue weighted by molar-refractivity contribution is 0.122. The molecule has 2 rings (SSSR count). The Hall–Kier alpha value is -0.590. The standard InChI is InChI=1S/C17H31N3/c1-4-11-19-17(13-18)10-9-16(12-17)20(3)15-7-5-14(2)6-8-15/h14-16,19H,4-12H2,1-3H3. The topological polar surface area (TPSA) is 39.1 Å². The van der Waals surface area contributed by atoms with Crippen molar-refractivity contribution in [2.75, 3.05) is 13.6 Å². The highest BCUT2D eigenvalue weighted by molar-refractivity contribution is 5.13. The molecule has 114 valence electrons. The van der Waals surface area contributed by atoms with E-state index in [2.05, 4.69) is 37.2 Å². The van der Waals surface area contributed by atoms with Gasteiger partial charge in [-0.25, -0.2) is 0 Å². The van der Waals surface area contributed by atoms with E-state index in [9.17, 15) is 5.26 Å². The maximum atomic E-state index is 9.56. The van der Waals surface area contributed by atoms with Gasteiger partial charge < -0.3 is 4.90 Å². The molecule has 0 bridgehead atoms. The van der Waals surface area contributed by atoms with E-state index in [0.717, 1.165) is 37.8 Å². The molecule has 0 spiro atoms. The number of rotatable bonds is 5. The summed E-state index contributed by atoms with van der Waals surface area (Å²) < 4.78 is 0. The van der Waals surface area contributed by atoms with Gasteiger partial charge in [0.05, 0.1) is 6.07 Å². The molecule has 2 aliphatic carbocycles. The molecule has 0 amide bonds. The van der Waals surface area contributed by atoms with Crippen molar-refractivity contribution in [1.29, 1.82) is 5.26 Å². The monoisotopic (exact) mass is 277 g/mol. The van der Waals surface area contributed by atoms with Gasteiger partial charge in [-0.15, -0.1) is 0 Å². The summed E-state index contributed by atoms with van der Waals surface area (Å²) in [5, 5.41) is 13.1. The minimum absolute atomic E-state index is 0.253. The highest BCUT2D eigenvalue weighted by atomic mass is 15.2. The van der Waals surface area contributed by atoms with Crippen LogP contribution >= 0.6 is 0 Å². The molecule has 0 aliphatic heterocycles. The van der Waals surface area contributed by atoms with E-state index in [0.29, 0.717) is 6.04 Å². The molecule has 20 heavy (non-hydrogen) atoms. The van der Waals surface area contributed by atoms with Crippen molar-refractivity contribution in [2.45, 2.75) is 82.8 Å². The molecule has 2 aliphatic rings. The second-order valence-corrected chi connectivity index (χ2v) is 7.10. The summed E-state index contributed by atoms with van der Waals surface area (Å²) in [5.74, 6) is 0.910. The van der Waals surface area contributed by atoms with Gasteiger partial charge in [0.25, 0.3) is 0 Å². The normalized spacial score (nSPS) is 38.0. The van der Waals surface area contributed by atoms with Crippen LogP contribution in [-0.4, -0.2) is 36.1 Å². The molecule has 1 N–H and O–H groups in total. The Balaban J connectivity index is 1.89. The molecular weight excluding hydrogens is 246 g/mol. The van der Waals surface area contributed by atoms with Gasteiger partial charge in [-0.2, -0.15) is 5.26 Å². The van der Waals surface area contributed by atoms with E-state index in [1.807, 2.05) is 0 Å². The van der Waals surface area contributed by atoms with Crippen LogP contribution in [0.1, 0.15) is 65.2 Å². The van der Waals surface area contributed by atoms with Gasteiger partial charge in [0, 0.05) is 12.1 Å². The number of nitrogens with one attached hydrogen (secondary N) is 1. The predicted molar refractivity (Wildman–Crippen MR) is 83.5 cm³/mol. The average Bonchev–Trinajstić information content (AvgIpc) is 2.90. The second kappa shape index (κ2) is 6.91. The lowest BCUT2D eigenvalue weighted by atomic mass is 9.86. The molecule has 0 heterocycles. The SMILES string of the molecule is CCCNC1(C#N)CCC(N(C)C2CCC(C)CC2)C1. The zero-order valence-electron chi connectivity index (χ0n) is 13.5. The van der Waals surface area contributed by atoms with Crippen LogP contribution in [0.2, 0.25) is 0 Å². The first-order valence-corrected chi connectivity index (χ1v) is 8.48. The molecule has 3 nitrogen and oxygen atoms in total. The first-order chi connectivity index (χ1) is 9.60. The summed E-state index contributed by atoms with van der Waals surface area (Å²) >= 11 is 0. The zero-order valence-corrected chi connectivity index (χ0v) is 13.5. The Kier molecular flexibility index (Phi) is 5.46. The van der Waals surface area contributed by atoms with Crippen LogP contribution in [0.25, 0.3) is 0 Å². The van der Waals surface area contributed by atoms with E-state index in [4.69, 9.17) is 0 Å². The van der Waals surface area contributed by atoms with Gasteiger partial charge in [-0.05, 0) is 70.9 Å². The lowest BCUT2D eigenvalue weighted by Crippen LogP contribution is -2.46. The van der Waals surface area contributed by atoms with Crippen LogP contribution in [0.15, 0.2) is 0 Å². The largest absolute Gasteiger partial charge is 0.300 e. The summed E-state index contributed by atoms with van der Waals surface area (Å²) in [7, 11) is 2.29. The fourth-order valence-electron chi connectivity index (χ4n) is 3.98. The Morgan fingerprint density at radius 3 is 2.50 bits per heavy atom. The van der Waals surface area contributed by atoms with Crippen molar-refractivity contribution < 1.29 is 0 Å². The van der Waals surface area contributed by atoms with Gasteiger partial charge in [0.15, 0.2) is 0 Å². The summed E-state index contributed by atoms with van der Waals surface area (Å²) in [6, 6.07) is 3.91. The van der Waals surface area contributed by atoms with Crippen LogP contribution in [0, 0.1) is 17.2 Å². The maximum Gasteiger partial charge on any atom is 0.108 e. The quantitative estimate of drug-likeness (QED) is 0.838. The fraction of sp³-hybridized carbons (Fsp3) is 0.941. The molecule has 0 saturated heterocycles. The Labute approximate surface area is 124 Å². The van der Waals surface area contributed by atoms with Gasteiger partial charge in [-0.1, -0.05) is 13.8 Å². The number of nitrogens with zero attached hydrogens (tertiary/aromatic N) is 2. The zero-order chi connectivity index (χ0) is 14.6. The van der Waals surface area contributed by atoms with E-state index in [1.54, 1.807) is 0 Å². The molecule has 0 radical (unpaired) electrons. The first-order valence-electron chi connectivity index (χ1n) is 8.48. The van der Waals surface area contributed by atoms with Crippen LogP contribution in [0.5, 0.6) is 0 Å². The smallest absolute Gasteiger partial charge is 0.108 e. The van der Waals surface area contributed by atoms with Crippen LogP contribution in [0.3, 0.4) is 0 Å². The fourth-order valence-corrected chi connectivity index (χ4v) is 3.98. The van der Waals surface area contributed by atoms with Gasteiger partial charge >= 0.3 is 0 Å². The first kappa shape index (κ1) is 15.8. The van der Waals surface area contributed by atoms with E-state index in [1.165, 1.54) is 32.1 Å². The van der Waals surface area contributed by atoms with Crippen LogP contribution in [0.4, 0.5) is 0 Å². The number of hydrogen-bond acceptors (Lipinski definition) is 3. The molecular formula is C17H31N3. The minimum Gasteiger partial charge on any atom is -0.300 e. The van der Waals surface area contributed by atoms with Crippen molar-refractivity contribution in [3.63, 3.8) is 0 Å². The third-order valence-corrected chi connectivity index (χ3v) is 5.55. The Bertz CT molecular complexity index is 341. The molecule has 2 atom stereocenters. The number of nitriles is 1. The average molecular weight is 277 g/mol. The summed E-state index contributed by atoms with van der Waals surface area (Å²) in [4.78, 5) is 2.60. The Morgan fingerprint density at radius 2 is 1.90 bits per heavy atom. The van der Waals surface area contributed by atoms with E-state index < -0.39 is 0 Å². The highest BCUT2D eigenvalue weighted by Crippen LogP contribution is 2.36. The van der Waals surface area contributed by atoms with Crippen molar-refractivity contribution in [1.82, 2.24) is 10.2 Å². The van der Waals surface area contributed by atoms with Crippen molar-refractivity contribution >= 4 is 0 Å². The molecule has 0 aromatic carbocycles. The molecule has 3 heteroatoms. The Morgan fingerprint density at radius 1 is 1.20 bits per heavy atom. The number of hydrogen-bond donors (Lipinski definition) is 1. The molecule has 2 unspecified atom stereocenters. The van der Waals surface area contributed by atoms with Crippen LogP contribution < -0.4 is 5.32 Å². The summed E-state index contributed by atoms with van der Waals surface area (Å²) in [6.07, 6.45) is 9.73. The van der Waals surface area contributed by atoms with Crippen molar-refractivity contribution in [3.05, 3.63) is 0 Å². The summed E-state index contributed by atoms with van der Waals surface area (Å²) in [6.45, 7) is 5.51. The lowest BCUT2D eigenvalue weighted by Gasteiger charge is -2.37. The third kappa shape index (κ3) is 3.54. The molecule has 0 aromatic heterocycles. The van der Waals surface area contributed by atoms with E-state index >= 15 is 0 Å². The minimum atomic E-state index is -0.253. The molecule has 2 saturated carbocycles. The summed E-state index contributed by atoms with van der Waals surface area (Å²) in [5.41, 5.74) is -0.253. The van der Waals surface area contributed by atoms with Crippen molar-refractivity contribution in [2.24, 2.45) is 5.92 Å². The molecule has 2 fully saturated rings. The third-order valence-electron chi connectivity index (χ3n) is 5.55. The van der Waals surface area contributed by atoms with Crippen molar-refractivity contribution in [3.8, 4) is 6.07 Å². The van der Waals surface area contributed by atoms with Crippen LogP contribution in [-0.2, 0) is 0 Å². The predicted octanol–water partition coefficient (Wildman–Crippen LogP) is 3.31. The maximum absolute atomic E-state index is 9.56. The van der Waals surface area contributed by atoms with Gasteiger partial charge in [0.2, 0.25) is 0 Å². The molecule has 0 aromatic rings.